The Morgan fingerprint density at radius 3 is 2.43 bits per heavy atom. The van der Waals surface area contributed by atoms with Gasteiger partial charge in [0.1, 0.15) is 0 Å². The standard InChI is InChI=1S/C19H30N2/c1-14(2)15-7-9-16(10-8-15)18(20)13-21-12-11-17-5-3-4-6-19(17)21/h7-10,14,17-19H,3-6,11-13,20H2,1-2H3. The summed E-state index contributed by atoms with van der Waals surface area (Å²) < 4.78 is 0. The number of hydrogen-bond donors (Lipinski definition) is 1. The Labute approximate surface area is 129 Å². The van der Waals surface area contributed by atoms with Gasteiger partial charge in [-0.3, -0.25) is 4.90 Å². The maximum absolute atomic E-state index is 6.48. The van der Waals surface area contributed by atoms with Crippen molar-refractivity contribution in [1.29, 1.82) is 0 Å². The van der Waals surface area contributed by atoms with Gasteiger partial charge in [0.25, 0.3) is 0 Å². The van der Waals surface area contributed by atoms with E-state index in [9.17, 15) is 0 Å². The summed E-state index contributed by atoms with van der Waals surface area (Å²) in [7, 11) is 0. The molecular formula is C19H30N2. The fraction of sp³-hybridized carbons (Fsp3) is 0.684. The molecule has 2 nitrogen and oxygen atoms in total. The van der Waals surface area contributed by atoms with Crippen LogP contribution in [0.3, 0.4) is 0 Å². The van der Waals surface area contributed by atoms with Crippen LogP contribution in [0.5, 0.6) is 0 Å². The van der Waals surface area contributed by atoms with Crippen LogP contribution in [0.4, 0.5) is 0 Å². The zero-order chi connectivity index (χ0) is 14.8. The van der Waals surface area contributed by atoms with Crippen LogP contribution in [0.1, 0.15) is 69.0 Å². The zero-order valence-electron chi connectivity index (χ0n) is 13.6. The summed E-state index contributed by atoms with van der Waals surface area (Å²) in [5.41, 5.74) is 9.17. The van der Waals surface area contributed by atoms with Gasteiger partial charge in [-0.15, -0.1) is 0 Å². The molecule has 1 aliphatic heterocycles. The number of rotatable bonds is 4. The second-order valence-corrected chi connectivity index (χ2v) is 7.32. The van der Waals surface area contributed by atoms with Gasteiger partial charge in [-0.25, -0.2) is 0 Å². The lowest BCUT2D eigenvalue weighted by molar-refractivity contribution is 0.174. The fourth-order valence-corrected chi connectivity index (χ4v) is 4.22. The number of fused-ring (bicyclic) bond motifs is 1. The maximum Gasteiger partial charge on any atom is 0.0424 e. The van der Waals surface area contributed by atoms with Crippen molar-refractivity contribution in [3.8, 4) is 0 Å². The number of benzene rings is 1. The first-order chi connectivity index (χ1) is 10.1. The minimum absolute atomic E-state index is 0.159. The van der Waals surface area contributed by atoms with E-state index in [0.29, 0.717) is 5.92 Å². The maximum atomic E-state index is 6.48. The highest BCUT2D eigenvalue weighted by Gasteiger charge is 2.35. The van der Waals surface area contributed by atoms with Gasteiger partial charge < -0.3 is 5.73 Å². The summed E-state index contributed by atoms with van der Waals surface area (Å²) in [5.74, 6) is 1.55. The first kappa shape index (κ1) is 15.1. The first-order valence-corrected chi connectivity index (χ1v) is 8.74. The quantitative estimate of drug-likeness (QED) is 0.904. The Morgan fingerprint density at radius 1 is 1.05 bits per heavy atom. The lowest BCUT2D eigenvalue weighted by Gasteiger charge is -2.33. The molecule has 1 heterocycles. The van der Waals surface area contributed by atoms with Gasteiger partial charge in [0, 0.05) is 18.6 Å². The van der Waals surface area contributed by atoms with Crippen molar-refractivity contribution in [2.45, 2.75) is 64.0 Å². The molecule has 2 heteroatoms. The summed E-state index contributed by atoms with van der Waals surface area (Å²) in [6.45, 7) is 6.76. The Bertz CT molecular complexity index is 451. The summed E-state index contributed by atoms with van der Waals surface area (Å²) >= 11 is 0. The number of nitrogens with zero attached hydrogens (tertiary/aromatic N) is 1. The van der Waals surface area contributed by atoms with Crippen molar-refractivity contribution in [2.24, 2.45) is 11.7 Å². The highest BCUT2D eigenvalue weighted by atomic mass is 15.2. The van der Waals surface area contributed by atoms with Gasteiger partial charge >= 0.3 is 0 Å². The van der Waals surface area contributed by atoms with E-state index in [1.165, 1.54) is 49.8 Å². The molecule has 1 saturated heterocycles. The second-order valence-electron chi connectivity index (χ2n) is 7.32. The SMILES string of the molecule is CC(C)c1ccc(C(N)CN2CCC3CCCCC32)cc1. The molecule has 116 valence electrons. The van der Waals surface area contributed by atoms with Crippen LogP contribution < -0.4 is 5.73 Å². The molecule has 1 saturated carbocycles. The van der Waals surface area contributed by atoms with Crippen molar-refractivity contribution < 1.29 is 0 Å². The lowest BCUT2D eigenvalue weighted by Crippen LogP contribution is -2.39. The molecular weight excluding hydrogens is 256 g/mol. The molecule has 0 aromatic heterocycles. The molecule has 1 aliphatic carbocycles. The smallest absolute Gasteiger partial charge is 0.0424 e. The zero-order valence-corrected chi connectivity index (χ0v) is 13.6. The minimum atomic E-state index is 0.159. The predicted octanol–water partition coefficient (Wildman–Crippen LogP) is 4.07. The molecule has 1 aromatic carbocycles. The van der Waals surface area contributed by atoms with Crippen LogP contribution in [0.25, 0.3) is 0 Å². The molecule has 21 heavy (non-hydrogen) atoms. The van der Waals surface area contributed by atoms with Crippen LogP contribution in [-0.4, -0.2) is 24.0 Å². The molecule has 0 bridgehead atoms. The average molecular weight is 286 g/mol. The molecule has 0 amide bonds. The highest BCUT2D eigenvalue weighted by Crippen LogP contribution is 2.36. The first-order valence-electron chi connectivity index (χ1n) is 8.74. The van der Waals surface area contributed by atoms with Gasteiger partial charge in [-0.2, -0.15) is 0 Å². The van der Waals surface area contributed by atoms with Crippen LogP contribution >= 0.6 is 0 Å². The van der Waals surface area contributed by atoms with E-state index in [0.717, 1.165) is 18.5 Å². The predicted molar refractivity (Wildman–Crippen MR) is 89.4 cm³/mol. The average Bonchev–Trinajstić information content (AvgIpc) is 2.91. The van der Waals surface area contributed by atoms with Crippen molar-refractivity contribution in [2.75, 3.05) is 13.1 Å². The summed E-state index contributed by atoms with van der Waals surface area (Å²) in [6, 6.07) is 9.93. The van der Waals surface area contributed by atoms with Gasteiger partial charge in [0.05, 0.1) is 0 Å². The lowest BCUT2D eigenvalue weighted by atomic mass is 9.85. The molecule has 0 radical (unpaired) electrons. The van der Waals surface area contributed by atoms with E-state index >= 15 is 0 Å². The number of nitrogens with two attached hydrogens (primary N) is 1. The van der Waals surface area contributed by atoms with Gasteiger partial charge in [0.2, 0.25) is 0 Å². The van der Waals surface area contributed by atoms with Gasteiger partial charge in [-0.05, 0) is 48.8 Å². The fourth-order valence-electron chi connectivity index (χ4n) is 4.22. The van der Waals surface area contributed by atoms with Crippen LogP contribution in [0.15, 0.2) is 24.3 Å². The molecule has 2 fully saturated rings. The van der Waals surface area contributed by atoms with E-state index in [1.807, 2.05) is 0 Å². The van der Waals surface area contributed by atoms with Crippen LogP contribution in [0, 0.1) is 5.92 Å². The van der Waals surface area contributed by atoms with E-state index in [1.54, 1.807) is 0 Å². The molecule has 2 aliphatic rings. The summed E-state index contributed by atoms with van der Waals surface area (Å²) in [6.07, 6.45) is 7.08. The molecule has 2 N–H and O–H groups in total. The molecule has 1 aromatic rings. The molecule has 3 atom stereocenters. The van der Waals surface area contributed by atoms with Crippen molar-refractivity contribution >= 4 is 0 Å². The Hall–Kier alpha value is -0.860. The van der Waals surface area contributed by atoms with Crippen molar-refractivity contribution in [3.63, 3.8) is 0 Å². The largest absolute Gasteiger partial charge is 0.323 e. The van der Waals surface area contributed by atoms with Crippen LogP contribution in [0.2, 0.25) is 0 Å². The monoisotopic (exact) mass is 286 g/mol. The summed E-state index contributed by atoms with van der Waals surface area (Å²) in [5, 5.41) is 0. The molecule has 3 rings (SSSR count). The van der Waals surface area contributed by atoms with Gasteiger partial charge in [-0.1, -0.05) is 51.0 Å². The Kier molecular flexibility index (Phi) is 4.66. The van der Waals surface area contributed by atoms with Crippen molar-refractivity contribution in [3.05, 3.63) is 35.4 Å². The molecule has 0 spiro atoms. The Balaban J connectivity index is 1.62. The minimum Gasteiger partial charge on any atom is -0.323 e. The van der Waals surface area contributed by atoms with Crippen LogP contribution in [-0.2, 0) is 0 Å². The second kappa shape index (κ2) is 6.50. The molecule has 3 unspecified atom stereocenters. The van der Waals surface area contributed by atoms with E-state index in [4.69, 9.17) is 5.73 Å². The van der Waals surface area contributed by atoms with Gasteiger partial charge in [0.15, 0.2) is 0 Å². The third-order valence-corrected chi connectivity index (χ3v) is 5.59. The number of likely N-dealkylation sites (tertiary alicyclic amines) is 1. The Morgan fingerprint density at radius 2 is 1.71 bits per heavy atom. The third-order valence-electron chi connectivity index (χ3n) is 5.59. The number of hydrogen-bond acceptors (Lipinski definition) is 2. The highest BCUT2D eigenvalue weighted by molar-refractivity contribution is 5.27. The van der Waals surface area contributed by atoms with Crippen molar-refractivity contribution in [1.82, 2.24) is 4.90 Å². The summed E-state index contributed by atoms with van der Waals surface area (Å²) in [4.78, 5) is 2.67. The normalized spacial score (nSPS) is 27.8. The topological polar surface area (TPSA) is 29.3 Å². The third kappa shape index (κ3) is 3.32. The van der Waals surface area contributed by atoms with E-state index in [-0.39, 0.29) is 6.04 Å². The van der Waals surface area contributed by atoms with E-state index < -0.39 is 0 Å². The van der Waals surface area contributed by atoms with E-state index in [2.05, 4.69) is 43.0 Å².